The van der Waals surface area contributed by atoms with Crippen molar-refractivity contribution < 1.29 is 4.79 Å². The number of nitriles is 1. The lowest BCUT2D eigenvalue weighted by Gasteiger charge is -2.27. The van der Waals surface area contributed by atoms with Crippen molar-refractivity contribution in [2.24, 2.45) is 0 Å². The summed E-state index contributed by atoms with van der Waals surface area (Å²) in [4.78, 5) is 14.7. The Morgan fingerprint density at radius 3 is 2.55 bits per heavy atom. The maximum atomic E-state index is 13.0. The smallest absolute Gasteiger partial charge is 0.238 e. The molecule has 1 atom stereocenters. The first-order chi connectivity index (χ1) is 10.7. The molecule has 110 valence electrons. The first kappa shape index (κ1) is 14.7. The van der Waals surface area contributed by atoms with E-state index in [4.69, 9.17) is 5.26 Å². The van der Waals surface area contributed by atoms with Crippen LogP contribution in [-0.4, -0.2) is 18.7 Å². The number of likely N-dealkylation sites (N-methyl/N-ethyl adjacent to an activating group) is 1. The van der Waals surface area contributed by atoms with Crippen molar-refractivity contribution in [1.29, 1.82) is 5.26 Å². The highest BCUT2D eigenvalue weighted by atomic mass is 32.2. The fraction of sp³-hybridized carbons (Fsp3) is 0.222. The van der Waals surface area contributed by atoms with Crippen LogP contribution < -0.4 is 4.90 Å². The summed E-state index contributed by atoms with van der Waals surface area (Å²) in [6.45, 7) is 0. The molecule has 1 unspecified atom stereocenters. The van der Waals surface area contributed by atoms with Gasteiger partial charge in [0, 0.05) is 18.5 Å². The van der Waals surface area contributed by atoms with Crippen molar-refractivity contribution in [1.82, 2.24) is 0 Å². The third-order valence-electron chi connectivity index (χ3n) is 4.23. The number of benzene rings is 2. The number of hydrogen-bond donors (Lipinski definition) is 0. The molecule has 2 aromatic rings. The highest BCUT2D eigenvalue weighted by Gasteiger charge is 2.49. The second kappa shape index (κ2) is 5.86. The van der Waals surface area contributed by atoms with Gasteiger partial charge < -0.3 is 4.90 Å². The number of anilines is 1. The van der Waals surface area contributed by atoms with Crippen molar-refractivity contribution in [3.8, 4) is 5.40 Å². The third-order valence-corrected chi connectivity index (χ3v) is 4.99. The Kier molecular flexibility index (Phi) is 3.91. The third kappa shape index (κ3) is 2.28. The van der Waals surface area contributed by atoms with Crippen molar-refractivity contribution >= 4 is 23.4 Å². The van der Waals surface area contributed by atoms with Crippen LogP contribution in [-0.2, 0) is 16.6 Å². The average Bonchev–Trinajstić information content (AvgIpc) is 2.77. The minimum atomic E-state index is -0.660. The van der Waals surface area contributed by atoms with Gasteiger partial charge in [-0.25, -0.2) is 0 Å². The number of carbonyl (C=O) groups excluding carboxylic acids is 1. The molecule has 0 aromatic heterocycles. The van der Waals surface area contributed by atoms with Gasteiger partial charge in [0.25, 0.3) is 0 Å². The van der Waals surface area contributed by atoms with Crippen LogP contribution in [0.15, 0.2) is 54.6 Å². The molecule has 1 aliphatic rings. The molecule has 4 heteroatoms. The number of nitrogens with zero attached hydrogens (tertiary/aromatic N) is 2. The summed E-state index contributed by atoms with van der Waals surface area (Å²) in [5, 5.41) is 11.1. The van der Waals surface area contributed by atoms with Gasteiger partial charge in [-0.2, -0.15) is 5.26 Å². The topological polar surface area (TPSA) is 44.1 Å². The number of rotatable bonds is 4. The molecule has 1 amide bonds. The molecule has 0 spiro atoms. The summed E-state index contributed by atoms with van der Waals surface area (Å²) in [5.41, 5.74) is 2.42. The molecule has 22 heavy (non-hydrogen) atoms. The number of para-hydroxylation sites is 1. The van der Waals surface area contributed by atoms with Crippen LogP contribution in [0.4, 0.5) is 5.69 Å². The van der Waals surface area contributed by atoms with Crippen LogP contribution in [0.5, 0.6) is 0 Å². The van der Waals surface area contributed by atoms with Gasteiger partial charge in [0.2, 0.25) is 5.91 Å². The van der Waals surface area contributed by atoms with Crippen molar-refractivity contribution in [3.63, 3.8) is 0 Å². The summed E-state index contributed by atoms with van der Waals surface area (Å²) in [6.07, 6.45) is 0.614. The number of thiocyanates is 1. The van der Waals surface area contributed by atoms with Crippen molar-refractivity contribution in [3.05, 3.63) is 65.7 Å². The molecule has 0 N–H and O–H groups in total. The van der Waals surface area contributed by atoms with Gasteiger partial charge in [0.15, 0.2) is 0 Å². The maximum Gasteiger partial charge on any atom is 0.238 e. The fourth-order valence-electron chi connectivity index (χ4n) is 3.18. The van der Waals surface area contributed by atoms with E-state index in [1.807, 2.05) is 61.6 Å². The van der Waals surface area contributed by atoms with E-state index in [0.29, 0.717) is 12.2 Å². The van der Waals surface area contributed by atoms with E-state index in [9.17, 15) is 4.79 Å². The van der Waals surface area contributed by atoms with E-state index in [1.54, 1.807) is 4.90 Å². The van der Waals surface area contributed by atoms with Gasteiger partial charge >= 0.3 is 0 Å². The van der Waals surface area contributed by atoms with Crippen LogP contribution in [0.1, 0.15) is 11.1 Å². The van der Waals surface area contributed by atoms with Crippen LogP contribution in [0.2, 0.25) is 0 Å². The maximum absolute atomic E-state index is 13.0. The predicted molar refractivity (Wildman–Crippen MR) is 89.7 cm³/mol. The molecule has 0 bridgehead atoms. The minimum Gasteiger partial charge on any atom is -0.314 e. The van der Waals surface area contributed by atoms with Gasteiger partial charge in [0.05, 0.1) is 5.41 Å². The first-order valence-electron chi connectivity index (χ1n) is 7.11. The lowest BCUT2D eigenvalue weighted by Crippen LogP contribution is -2.42. The Morgan fingerprint density at radius 2 is 1.82 bits per heavy atom. The molecule has 1 heterocycles. The van der Waals surface area contributed by atoms with E-state index < -0.39 is 5.41 Å². The number of hydrogen-bond acceptors (Lipinski definition) is 3. The monoisotopic (exact) mass is 308 g/mol. The lowest BCUT2D eigenvalue weighted by atomic mass is 9.78. The normalized spacial score (nSPS) is 19.8. The Labute approximate surface area is 134 Å². The summed E-state index contributed by atoms with van der Waals surface area (Å²) < 4.78 is 0. The van der Waals surface area contributed by atoms with Gasteiger partial charge in [-0.3, -0.25) is 4.79 Å². The molecule has 2 aromatic carbocycles. The molecule has 3 nitrogen and oxygen atoms in total. The number of amides is 1. The Balaban J connectivity index is 2.10. The van der Waals surface area contributed by atoms with Gasteiger partial charge in [-0.1, -0.05) is 48.5 Å². The molecular weight excluding hydrogens is 292 g/mol. The van der Waals surface area contributed by atoms with E-state index in [2.05, 4.69) is 5.40 Å². The zero-order valence-electron chi connectivity index (χ0n) is 12.3. The second-order valence-corrected chi connectivity index (χ2v) is 6.27. The highest BCUT2D eigenvalue weighted by Crippen LogP contribution is 2.44. The van der Waals surface area contributed by atoms with E-state index in [0.717, 1.165) is 28.6 Å². The number of carbonyl (C=O) groups is 1. The van der Waals surface area contributed by atoms with Gasteiger partial charge in [-0.05, 0) is 35.4 Å². The Hall–Kier alpha value is -2.25. The highest BCUT2D eigenvalue weighted by molar-refractivity contribution is 8.03. The number of thioether (sulfide) groups is 1. The van der Waals surface area contributed by atoms with Crippen molar-refractivity contribution in [2.45, 2.75) is 11.8 Å². The minimum absolute atomic E-state index is 0.0697. The van der Waals surface area contributed by atoms with E-state index in [-0.39, 0.29) is 5.91 Å². The summed E-state index contributed by atoms with van der Waals surface area (Å²) in [6, 6.07) is 17.9. The first-order valence-corrected chi connectivity index (χ1v) is 8.10. The summed E-state index contributed by atoms with van der Waals surface area (Å²) >= 11 is 1.15. The standard InChI is InChI=1S/C18H16N2OS/c1-20-16-10-6-5-9-15(16)18(17(20)21,12-22-13-19)11-14-7-3-2-4-8-14/h2-10H,11-12H2,1H3. The van der Waals surface area contributed by atoms with Crippen LogP contribution in [0.3, 0.4) is 0 Å². The molecule has 3 rings (SSSR count). The molecular formula is C18H16N2OS. The quantitative estimate of drug-likeness (QED) is 0.814. The van der Waals surface area contributed by atoms with Crippen LogP contribution in [0.25, 0.3) is 0 Å². The molecule has 0 aliphatic carbocycles. The van der Waals surface area contributed by atoms with E-state index in [1.165, 1.54) is 0 Å². The van der Waals surface area contributed by atoms with Crippen LogP contribution >= 0.6 is 11.8 Å². The molecule has 0 saturated heterocycles. The molecule has 0 fully saturated rings. The predicted octanol–water partition coefficient (Wildman–Crippen LogP) is 3.36. The van der Waals surface area contributed by atoms with Crippen LogP contribution in [0, 0.1) is 10.7 Å². The Morgan fingerprint density at radius 1 is 1.14 bits per heavy atom. The Bertz CT molecular complexity index is 738. The fourth-order valence-corrected chi connectivity index (χ4v) is 3.87. The number of fused-ring (bicyclic) bond motifs is 1. The summed E-state index contributed by atoms with van der Waals surface area (Å²) in [5.74, 6) is 0.541. The zero-order chi connectivity index (χ0) is 15.6. The summed E-state index contributed by atoms with van der Waals surface area (Å²) in [7, 11) is 1.81. The van der Waals surface area contributed by atoms with Gasteiger partial charge in [-0.15, -0.1) is 0 Å². The van der Waals surface area contributed by atoms with E-state index >= 15 is 0 Å². The van der Waals surface area contributed by atoms with Gasteiger partial charge in [0.1, 0.15) is 5.40 Å². The molecule has 0 radical (unpaired) electrons. The lowest BCUT2D eigenvalue weighted by molar-refractivity contribution is -0.122. The average molecular weight is 308 g/mol. The second-order valence-electron chi connectivity index (χ2n) is 5.51. The zero-order valence-corrected chi connectivity index (χ0v) is 13.1. The van der Waals surface area contributed by atoms with Crippen molar-refractivity contribution in [2.75, 3.05) is 17.7 Å². The molecule has 1 aliphatic heterocycles. The largest absolute Gasteiger partial charge is 0.314 e. The molecule has 0 saturated carbocycles. The SMILES string of the molecule is CN1C(=O)C(CSC#N)(Cc2ccccc2)c2ccccc21.